The Labute approximate surface area is 100 Å². The second-order valence-electron chi connectivity index (χ2n) is 4.91. The van der Waals surface area contributed by atoms with Crippen LogP contribution in [-0.2, 0) is 4.43 Å². The zero-order chi connectivity index (χ0) is 12.0. The lowest BCUT2D eigenvalue weighted by Gasteiger charge is -2.23. The summed E-state index contributed by atoms with van der Waals surface area (Å²) in [7, 11) is 0.438. The Hall–Kier alpha value is -0.803. The molecule has 3 heteroatoms. The Morgan fingerprint density at radius 3 is 2.44 bits per heavy atom. The molecule has 0 spiro atoms. The first-order chi connectivity index (χ1) is 7.53. The van der Waals surface area contributed by atoms with E-state index in [0.29, 0.717) is 6.04 Å². The Balaban J connectivity index is 2.34. The molecular formula is C13H23NOSi. The van der Waals surface area contributed by atoms with Gasteiger partial charge in [0.15, 0.2) is 8.32 Å². The van der Waals surface area contributed by atoms with E-state index >= 15 is 0 Å². The van der Waals surface area contributed by atoms with E-state index in [9.17, 15) is 0 Å². The van der Waals surface area contributed by atoms with Crippen LogP contribution in [0.5, 0.6) is 0 Å². The lowest BCUT2D eigenvalue weighted by molar-refractivity contribution is 0.401. The first-order valence-electron chi connectivity index (χ1n) is 5.90. The molecule has 1 aromatic rings. The normalized spacial score (nSPS) is 13.5. The number of nitrogens with one attached hydrogen (secondary N) is 1. The third kappa shape index (κ3) is 4.81. The van der Waals surface area contributed by atoms with Gasteiger partial charge >= 0.3 is 0 Å². The van der Waals surface area contributed by atoms with Crippen LogP contribution in [0.25, 0.3) is 0 Å². The van der Waals surface area contributed by atoms with Crippen LogP contribution in [0.3, 0.4) is 0 Å². The van der Waals surface area contributed by atoms with Crippen molar-refractivity contribution in [3.05, 3.63) is 30.3 Å². The Kier molecular flexibility index (Phi) is 5.02. The van der Waals surface area contributed by atoms with Crippen molar-refractivity contribution in [2.45, 2.75) is 38.5 Å². The topological polar surface area (TPSA) is 21.3 Å². The molecule has 0 amide bonds. The van der Waals surface area contributed by atoms with Gasteiger partial charge in [-0.2, -0.15) is 0 Å². The summed E-state index contributed by atoms with van der Waals surface area (Å²) in [6.45, 7) is 6.76. The van der Waals surface area contributed by atoms with Gasteiger partial charge in [0, 0.05) is 18.8 Å². The molecule has 1 unspecified atom stereocenters. The van der Waals surface area contributed by atoms with Gasteiger partial charge in [-0.1, -0.05) is 18.2 Å². The van der Waals surface area contributed by atoms with Gasteiger partial charge in [0.1, 0.15) is 0 Å². The van der Waals surface area contributed by atoms with Crippen LogP contribution in [0.15, 0.2) is 30.3 Å². The molecule has 1 rings (SSSR count). The molecule has 0 aliphatic heterocycles. The van der Waals surface area contributed by atoms with Gasteiger partial charge in [0.25, 0.3) is 0 Å². The molecule has 0 heterocycles. The molecule has 1 atom stereocenters. The number of hydrogen-bond acceptors (Lipinski definition) is 2. The predicted octanol–water partition coefficient (Wildman–Crippen LogP) is 3.73. The minimum Gasteiger partial charge on any atom is -0.420 e. The van der Waals surface area contributed by atoms with Gasteiger partial charge in [0.2, 0.25) is 0 Å². The average molecular weight is 237 g/mol. The Morgan fingerprint density at radius 1 is 1.25 bits per heavy atom. The zero-order valence-corrected chi connectivity index (χ0v) is 11.8. The molecule has 2 nitrogen and oxygen atoms in total. The summed E-state index contributed by atoms with van der Waals surface area (Å²) in [6.07, 6.45) is 1.17. The van der Waals surface area contributed by atoms with Crippen LogP contribution < -0.4 is 5.32 Å². The van der Waals surface area contributed by atoms with Crippen molar-refractivity contribution in [3.8, 4) is 0 Å². The van der Waals surface area contributed by atoms with Crippen molar-refractivity contribution in [2.24, 2.45) is 0 Å². The highest BCUT2D eigenvalue weighted by Crippen LogP contribution is 2.16. The maximum atomic E-state index is 5.55. The molecule has 0 fully saturated rings. The highest BCUT2D eigenvalue weighted by Gasteiger charge is 2.21. The molecule has 0 bridgehead atoms. The first-order valence-corrected chi connectivity index (χ1v) is 9.02. The molecule has 0 aliphatic carbocycles. The van der Waals surface area contributed by atoms with Crippen molar-refractivity contribution in [2.75, 3.05) is 12.4 Å². The van der Waals surface area contributed by atoms with E-state index in [-0.39, 0.29) is 0 Å². The summed E-state index contributed by atoms with van der Waals surface area (Å²) in [5.41, 5.74) is 1.20. The molecule has 0 radical (unpaired) electrons. The zero-order valence-electron chi connectivity index (χ0n) is 10.8. The van der Waals surface area contributed by atoms with E-state index < -0.39 is 8.32 Å². The molecule has 0 saturated heterocycles. The molecule has 0 aromatic heterocycles. The second-order valence-corrected chi connectivity index (χ2v) is 9.34. The van der Waals surface area contributed by atoms with Crippen LogP contribution in [0.1, 0.15) is 13.3 Å². The van der Waals surface area contributed by atoms with Crippen LogP contribution >= 0.6 is 0 Å². The van der Waals surface area contributed by atoms with E-state index in [4.69, 9.17) is 4.43 Å². The number of anilines is 1. The van der Waals surface area contributed by atoms with Crippen molar-refractivity contribution in [1.82, 2.24) is 0 Å². The molecule has 0 saturated carbocycles. The quantitative estimate of drug-likeness (QED) is 0.761. The van der Waals surface area contributed by atoms with E-state index in [1.807, 2.05) is 13.2 Å². The van der Waals surface area contributed by atoms with Gasteiger partial charge in [-0.15, -0.1) is 0 Å². The van der Waals surface area contributed by atoms with Crippen molar-refractivity contribution in [3.63, 3.8) is 0 Å². The Morgan fingerprint density at radius 2 is 1.88 bits per heavy atom. The summed E-state index contributed by atoms with van der Waals surface area (Å²) in [6, 6.07) is 12.1. The third-order valence-corrected chi connectivity index (χ3v) is 5.52. The number of benzene rings is 1. The van der Waals surface area contributed by atoms with E-state index in [1.54, 1.807) is 0 Å². The largest absolute Gasteiger partial charge is 0.420 e. The van der Waals surface area contributed by atoms with Crippen molar-refractivity contribution >= 4 is 14.0 Å². The van der Waals surface area contributed by atoms with Crippen LogP contribution in [0.2, 0.25) is 19.1 Å². The smallest absolute Gasteiger partial charge is 0.186 e. The van der Waals surface area contributed by atoms with Gasteiger partial charge in [-0.3, -0.25) is 0 Å². The minimum atomic E-state index is -1.40. The van der Waals surface area contributed by atoms with Crippen LogP contribution in [0.4, 0.5) is 5.69 Å². The standard InChI is InChI=1S/C13H23NOSi/c1-12(10-11-16(3,4)15-2)14-13-8-6-5-7-9-13/h5-9,12,14H,10-11H2,1-4H3. The number of para-hydroxylation sites is 1. The van der Waals surface area contributed by atoms with E-state index in [1.165, 1.54) is 18.2 Å². The predicted molar refractivity (Wildman–Crippen MR) is 73.4 cm³/mol. The maximum absolute atomic E-state index is 5.55. The molecular weight excluding hydrogens is 214 g/mol. The molecule has 0 aliphatic rings. The SMILES string of the molecule is CO[Si](C)(C)CCC(C)Nc1ccccc1. The first kappa shape index (κ1) is 13.3. The van der Waals surface area contributed by atoms with Gasteiger partial charge in [-0.05, 0) is 44.6 Å². The molecule has 1 aromatic carbocycles. The average Bonchev–Trinajstić information content (AvgIpc) is 2.28. The van der Waals surface area contributed by atoms with E-state index in [2.05, 4.69) is 49.6 Å². The lowest BCUT2D eigenvalue weighted by Crippen LogP contribution is -2.30. The van der Waals surface area contributed by atoms with Gasteiger partial charge in [0.05, 0.1) is 0 Å². The van der Waals surface area contributed by atoms with Gasteiger partial charge < -0.3 is 9.74 Å². The number of hydrogen-bond donors (Lipinski definition) is 1. The van der Waals surface area contributed by atoms with Crippen LogP contribution in [-0.4, -0.2) is 21.5 Å². The fraction of sp³-hybridized carbons (Fsp3) is 0.538. The summed E-state index contributed by atoms with van der Waals surface area (Å²) >= 11 is 0. The summed E-state index contributed by atoms with van der Waals surface area (Å²) in [5, 5.41) is 3.51. The maximum Gasteiger partial charge on any atom is 0.186 e. The Bertz CT molecular complexity index is 300. The van der Waals surface area contributed by atoms with Crippen LogP contribution in [0, 0.1) is 0 Å². The highest BCUT2D eigenvalue weighted by atomic mass is 28.4. The lowest BCUT2D eigenvalue weighted by atomic mass is 10.2. The monoisotopic (exact) mass is 237 g/mol. The summed E-state index contributed by atoms with van der Waals surface area (Å²) < 4.78 is 5.55. The summed E-state index contributed by atoms with van der Waals surface area (Å²) in [5.74, 6) is 0. The third-order valence-electron chi connectivity index (χ3n) is 2.92. The van der Waals surface area contributed by atoms with Crippen molar-refractivity contribution < 1.29 is 4.43 Å². The summed E-state index contributed by atoms with van der Waals surface area (Å²) in [4.78, 5) is 0. The van der Waals surface area contributed by atoms with Gasteiger partial charge in [-0.25, -0.2) is 0 Å². The molecule has 1 N–H and O–H groups in total. The fourth-order valence-corrected chi connectivity index (χ4v) is 2.89. The second kappa shape index (κ2) is 6.06. The fourth-order valence-electron chi connectivity index (χ4n) is 1.56. The number of rotatable bonds is 6. The molecule has 16 heavy (non-hydrogen) atoms. The van der Waals surface area contributed by atoms with Crippen molar-refractivity contribution in [1.29, 1.82) is 0 Å². The van der Waals surface area contributed by atoms with E-state index in [0.717, 1.165) is 0 Å². The minimum absolute atomic E-state index is 0.504. The molecule has 90 valence electrons. The highest BCUT2D eigenvalue weighted by molar-refractivity contribution is 6.71.